The van der Waals surface area contributed by atoms with Gasteiger partial charge in [-0.3, -0.25) is 24.0 Å². The van der Waals surface area contributed by atoms with E-state index in [4.69, 9.17) is 31.9 Å². The van der Waals surface area contributed by atoms with Crippen LogP contribution >= 0.6 is 0 Å². The molecule has 18 heteroatoms. The first-order chi connectivity index (χ1) is 31.0. The average molecular weight is 890 g/mol. The lowest BCUT2D eigenvalue weighted by Gasteiger charge is -2.32. The monoisotopic (exact) mass is 889 g/mol. The molecule has 1 aliphatic rings. The van der Waals surface area contributed by atoms with Gasteiger partial charge in [-0.2, -0.15) is 5.26 Å². The molecule has 4 bridgehead atoms. The Morgan fingerprint density at radius 1 is 0.938 bits per heavy atom. The number of benzene rings is 3. The Morgan fingerprint density at radius 2 is 1.62 bits per heavy atom. The number of carbonyl (C=O) groups excluding carboxylic acids is 5. The second-order valence-electron chi connectivity index (χ2n) is 16.7. The summed E-state index contributed by atoms with van der Waals surface area (Å²) in [7, 11) is 1.41. The zero-order chi connectivity index (χ0) is 47.4. The predicted molar refractivity (Wildman–Crippen MR) is 244 cm³/mol. The lowest BCUT2D eigenvalue weighted by atomic mass is 9.86. The second-order valence-corrected chi connectivity index (χ2v) is 16.7. The molecule has 0 aliphatic carbocycles. The summed E-state index contributed by atoms with van der Waals surface area (Å²) in [5.74, 6) is -2.16. The zero-order valence-corrected chi connectivity index (χ0v) is 37.7. The van der Waals surface area contributed by atoms with E-state index in [1.807, 2.05) is 30.3 Å². The molecule has 2 heterocycles. The first kappa shape index (κ1) is 49.1. The van der Waals surface area contributed by atoms with Gasteiger partial charge in [-0.05, 0) is 79.3 Å². The van der Waals surface area contributed by atoms with E-state index in [1.54, 1.807) is 43.3 Å². The number of nitrogens with one attached hydrogen (secondary N) is 4. The molecule has 18 nitrogen and oxygen atoms in total. The van der Waals surface area contributed by atoms with Gasteiger partial charge in [0.1, 0.15) is 55.4 Å². The van der Waals surface area contributed by atoms with E-state index in [9.17, 15) is 24.0 Å². The van der Waals surface area contributed by atoms with Crippen molar-refractivity contribution in [2.75, 3.05) is 46.4 Å². The lowest BCUT2D eigenvalue weighted by Crippen LogP contribution is -2.56. The first-order valence-electron chi connectivity index (χ1n) is 21.4. The number of hydrogen-bond acceptors (Lipinski definition) is 13. The number of aryl methyl sites for hydroxylation is 1. The molecule has 0 radical (unpaired) electrons. The molecule has 4 aromatic rings. The van der Waals surface area contributed by atoms with Crippen molar-refractivity contribution in [1.29, 1.82) is 5.26 Å². The molecular formula is C47H59N11O7. The Kier molecular flexibility index (Phi) is 16.7. The Hall–Kier alpha value is -6.94. The van der Waals surface area contributed by atoms with Gasteiger partial charge in [0.15, 0.2) is 5.82 Å². The van der Waals surface area contributed by atoms with Crippen molar-refractivity contribution in [3.63, 3.8) is 0 Å². The number of fused-ring (bicyclic) bond motifs is 5. The van der Waals surface area contributed by atoms with Crippen molar-refractivity contribution in [2.24, 2.45) is 17.2 Å². The summed E-state index contributed by atoms with van der Waals surface area (Å²) in [6, 6.07) is 14.9. The third-order valence-corrected chi connectivity index (χ3v) is 10.8. The predicted octanol–water partition coefficient (Wildman–Crippen LogP) is 1.92. The molecule has 0 saturated heterocycles. The average Bonchev–Trinajstić information content (AvgIpc) is 3.28. The molecule has 65 heavy (non-hydrogen) atoms. The zero-order valence-electron chi connectivity index (χ0n) is 37.7. The van der Waals surface area contributed by atoms with Crippen LogP contribution in [0.3, 0.4) is 0 Å². The van der Waals surface area contributed by atoms with Gasteiger partial charge in [0.2, 0.25) is 23.6 Å². The minimum Gasteiger partial charge on any atom is -0.492 e. The van der Waals surface area contributed by atoms with Gasteiger partial charge >= 0.3 is 0 Å². The number of ether oxygens (including phenoxy) is 2. The van der Waals surface area contributed by atoms with Crippen molar-refractivity contribution >= 4 is 29.5 Å². The van der Waals surface area contributed by atoms with Crippen molar-refractivity contribution in [1.82, 2.24) is 36.1 Å². The van der Waals surface area contributed by atoms with Gasteiger partial charge in [0.05, 0.1) is 17.3 Å². The van der Waals surface area contributed by atoms with Crippen LogP contribution < -0.4 is 47.9 Å². The number of nitrogens with zero attached hydrogens (tertiary/aromatic N) is 4. The van der Waals surface area contributed by atoms with Gasteiger partial charge in [0.25, 0.3) is 5.91 Å². The Morgan fingerprint density at radius 3 is 2.25 bits per heavy atom. The summed E-state index contributed by atoms with van der Waals surface area (Å²) in [6.07, 6.45) is 1.42. The summed E-state index contributed by atoms with van der Waals surface area (Å²) < 4.78 is 12.2. The molecular weight excluding hydrogens is 831 g/mol. The highest BCUT2D eigenvalue weighted by molar-refractivity contribution is 6.00. The fourth-order valence-electron chi connectivity index (χ4n) is 7.32. The van der Waals surface area contributed by atoms with Crippen LogP contribution in [0.1, 0.15) is 72.9 Å². The summed E-state index contributed by atoms with van der Waals surface area (Å²) in [5.41, 5.74) is 21.8. The Bertz CT molecular complexity index is 2430. The van der Waals surface area contributed by atoms with E-state index in [1.165, 1.54) is 25.1 Å². The van der Waals surface area contributed by atoms with Crippen LogP contribution in [0.5, 0.6) is 11.5 Å². The SMILES string of the molecule is Cc1nc(-c2cccc(C(C)(C)C)c2)ncc1C(=O)NC(CCN)C(=O)N(C)[C@@H]1C(=O)N[C@@H](C)C(=O)N[C@H](C(=O)NCC#N)Cc2ccc(OCCN)c(c2)-c2cc1ccc2OCCN. The molecule has 10 N–H and O–H groups in total. The quantitative estimate of drug-likeness (QED) is 0.0842. The highest BCUT2D eigenvalue weighted by Crippen LogP contribution is 2.40. The summed E-state index contributed by atoms with van der Waals surface area (Å²) in [5, 5.41) is 19.9. The number of hydrogen-bond donors (Lipinski definition) is 7. The molecule has 3 aromatic carbocycles. The Labute approximate surface area is 379 Å². The van der Waals surface area contributed by atoms with Crippen LogP contribution in [-0.4, -0.2) is 109 Å². The van der Waals surface area contributed by atoms with Crippen LogP contribution in [0.25, 0.3) is 22.5 Å². The number of nitrogens with two attached hydrogens (primary N) is 3. The maximum absolute atomic E-state index is 14.7. The fourth-order valence-corrected chi connectivity index (χ4v) is 7.32. The second kappa shape index (κ2) is 22.1. The smallest absolute Gasteiger partial charge is 0.255 e. The highest BCUT2D eigenvalue weighted by atomic mass is 16.5. The molecule has 1 unspecified atom stereocenters. The normalized spacial score (nSPS) is 16.7. The maximum Gasteiger partial charge on any atom is 0.255 e. The first-order valence-corrected chi connectivity index (χ1v) is 21.4. The number of likely N-dealkylation sites (N-methyl/N-ethyl adjacent to an activating group) is 1. The van der Waals surface area contributed by atoms with Crippen molar-refractivity contribution < 1.29 is 33.4 Å². The van der Waals surface area contributed by atoms with E-state index in [-0.39, 0.29) is 63.2 Å². The van der Waals surface area contributed by atoms with Crippen molar-refractivity contribution in [2.45, 2.75) is 77.0 Å². The molecule has 1 aliphatic heterocycles. The van der Waals surface area contributed by atoms with Crippen LogP contribution in [0.2, 0.25) is 0 Å². The maximum atomic E-state index is 14.7. The number of rotatable bonds is 15. The topological polar surface area (TPSA) is 283 Å². The molecule has 0 spiro atoms. The molecule has 1 aromatic heterocycles. The summed E-state index contributed by atoms with van der Waals surface area (Å²) in [4.78, 5) is 80.5. The van der Waals surface area contributed by atoms with Gasteiger partial charge in [-0.15, -0.1) is 0 Å². The standard InChI is InChI=1S/C47H59N11O7/c1-27-35(26-53-41(54-27)31-8-7-9-32(24-31)47(3,4)5)43(60)56-36(14-15-48)46(63)58(6)40-30-11-13-39(65-21-18-51)34(25-30)33-22-29(10-12-38(33)64-20-17-50)23-37(44(61)52-19-16-49)57-42(59)28(2)55-45(40)62/h7-13,22,24-26,28,36-37,40H,14-15,17-21,23,48,50-51H2,1-6H3,(H,52,61)(H,55,62)(H,56,60)(H,57,59)/t28-,36?,37-,40-/m0/s1. The van der Waals surface area contributed by atoms with E-state index in [0.717, 1.165) is 11.1 Å². The van der Waals surface area contributed by atoms with Gasteiger partial charge in [0, 0.05) is 49.4 Å². The number of nitriles is 1. The molecule has 5 rings (SSSR count). The lowest BCUT2D eigenvalue weighted by molar-refractivity contribution is -0.141. The van der Waals surface area contributed by atoms with E-state index in [2.05, 4.69) is 52.0 Å². The molecule has 0 fully saturated rings. The minimum atomic E-state index is -1.40. The van der Waals surface area contributed by atoms with Crippen LogP contribution in [0.15, 0.2) is 66.9 Å². The molecule has 0 saturated carbocycles. The number of amides is 5. The number of carbonyl (C=O) groups is 5. The molecule has 5 amide bonds. The summed E-state index contributed by atoms with van der Waals surface area (Å²) >= 11 is 0. The van der Waals surface area contributed by atoms with E-state index < -0.39 is 53.7 Å². The van der Waals surface area contributed by atoms with Crippen molar-refractivity contribution in [3.05, 3.63) is 94.8 Å². The third kappa shape index (κ3) is 12.2. The summed E-state index contributed by atoms with van der Waals surface area (Å²) in [6.45, 7) is 9.81. The van der Waals surface area contributed by atoms with E-state index >= 15 is 0 Å². The van der Waals surface area contributed by atoms with Crippen LogP contribution in [-0.2, 0) is 31.0 Å². The molecule has 4 atom stereocenters. The van der Waals surface area contributed by atoms with Crippen LogP contribution in [0, 0.1) is 18.3 Å². The largest absolute Gasteiger partial charge is 0.492 e. The van der Waals surface area contributed by atoms with Gasteiger partial charge in [-0.1, -0.05) is 51.1 Å². The molecule has 344 valence electrons. The van der Waals surface area contributed by atoms with Crippen molar-refractivity contribution in [3.8, 4) is 40.1 Å². The van der Waals surface area contributed by atoms with E-state index in [0.29, 0.717) is 45.3 Å². The number of aromatic nitrogens is 2. The van der Waals surface area contributed by atoms with Crippen LogP contribution in [0.4, 0.5) is 0 Å². The van der Waals surface area contributed by atoms with Gasteiger partial charge < -0.3 is 52.8 Å². The van der Waals surface area contributed by atoms with Gasteiger partial charge in [-0.25, -0.2) is 9.97 Å². The Balaban J connectivity index is 1.56. The minimum absolute atomic E-state index is 0.000508. The fraction of sp³-hybridized carbons (Fsp3) is 0.404. The highest BCUT2D eigenvalue weighted by Gasteiger charge is 2.36. The third-order valence-electron chi connectivity index (χ3n) is 10.8.